The highest BCUT2D eigenvalue weighted by Gasteiger charge is 2.22. The summed E-state index contributed by atoms with van der Waals surface area (Å²) in [6.07, 6.45) is 5.39. The average Bonchev–Trinajstić information content (AvgIpc) is 2.89. The monoisotopic (exact) mass is 478 g/mol. The zero-order valence-corrected chi connectivity index (χ0v) is 20.3. The summed E-state index contributed by atoms with van der Waals surface area (Å²) in [5.74, 6) is -0.558. The Labute approximate surface area is 209 Å². The first-order chi connectivity index (χ1) is 17.2. The third-order valence-electron chi connectivity index (χ3n) is 5.62. The van der Waals surface area contributed by atoms with Crippen molar-refractivity contribution in [1.29, 1.82) is 5.26 Å². The predicted molar refractivity (Wildman–Crippen MR) is 138 cm³/mol. The molecule has 4 aromatic rings. The van der Waals surface area contributed by atoms with Crippen LogP contribution in [0, 0.1) is 18.3 Å². The Balaban J connectivity index is 0.00000115. The summed E-state index contributed by atoms with van der Waals surface area (Å²) in [6, 6.07) is 19.9. The molecule has 3 heterocycles. The molecule has 1 aromatic carbocycles. The van der Waals surface area contributed by atoms with Crippen molar-refractivity contribution in [3.8, 4) is 39.4 Å². The van der Waals surface area contributed by atoms with E-state index in [2.05, 4.69) is 38.9 Å². The second kappa shape index (κ2) is 11.0. The number of aryl methyl sites for hydroxylation is 1. The molecule has 0 aliphatic carbocycles. The van der Waals surface area contributed by atoms with Crippen molar-refractivity contribution >= 4 is 12.3 Å². The van der Waals surface area contributed by atoms with E-state index in [1.54, 1.807) is 18.5 Å². The Kier molecular flexibility index (Phi) is 7.87. The number of aromatic nitrogens is 3. The molecule has 36 heavy (non-hydrogen) atoms. The van der Waals surface area contributed by atoms with E-state index in [1.807, 2.05) is 63.4 Å². The number of pyridine rings is 3. The summed E-state index contributed by atoms with van der Waals surface area (Å²) in [5.41, 5.74) is 16.4. The molecule has 0 unspecified atom stereocenters. The van der Waals surface area contributed by atoms with Crippen molar-refractivity contribution in [2.24, 2.45) is 11.5 Å². The molecule has 8 heteroatoms. The largest absolute Gasteiger partial charge is 0.372 e. The number of rotatable bonds is 5. The molecule has 0 aliphatic heterocycles. The lowest BCUT2D eigenvalue weighted by Crippen LogP contribution is -2.15. The number of primary amides is 2. The van der Waals surface area contributed by atoms with Crippen LogP contribution in [0.15, 0.2) is 73.2 Å². The summed E-state index contributed by atoms with van der Waals surface area (Å²) < 4.78 is 0. The maximum Gasteiger partial charge on any atom is 0.267 e. The van der Waals surface area contributed by atoms with Crippen molar-refractivity contribution in [3.05, 3.63) is 90.3 Å². The highest BCUT2D eigenvalue weighted by molar-refractivity contribution is 5.92. The smallest absolute Gasteiger partial charge is 0.267 e. The van der Waals surface area contributed by atoms with Gasteiger partial charge in [0.05, 0.1) is 17.2 Å². The molecule has 180 valence electrons. The summed E-state index contributed by atoms with van der Waals surface area (Å²) in [4.78, 5) is 33.1. The quantitative estimate of drug-likeness (QED) is 0.411. The molecule has 4 N–H and O–H groups in total. The zero-order chi connectivity index (χ0) is 26.3. The van der Waals surface area contributed by atoms with Crippen molar-refractivity contribution < 1.29 is 9.59 Å². The Morgan fingerprint density at radius 1 is 0.917 bits per heavy atom. The van der Waals surface area contributed by atoms with Gasteiger partial charge in [0.25, 0.3) is 5.91 Å². The SMILES string of the molecule is Cc1ncc(-c2ccnc(C(C)(C)C#N)c2)cc1-c1cccc(-c2ccnc(C(N)=O)c2)c1.NC=O. The topological polar surface area (TPSA) is 149 Å². The maximum absolute atomic E-state index is 11.5. The molecule has 4 rings (SSSR count). The van der Waals surface area contributed by atoms with E-state index >= 15 is 0 Å². The Morgan fingerprint density at radius 3 is 2.19 bits per heavy atom. The fraction of sp³-hybridized carbons (Fsp3) is 0.143. The molecule has 0 spiro atoms. The van der Waals surface area contributed by atoms with Crippen LogP contribution in [-0.4, -0.2) is 27.3 Å². The van der Waals surface area contributed by atoms with Gasteiger partial charge in [-0.15, -0.1) is 0 Å². The van der Waals surface area contributed by atoms with E-state index in [0.29, 0.717) is 0 Å². The molecular weight excluding hydrogens is 452 g/mol. The van der Waals surface area contributed by atoms with Crippen LogP contribution in [0.3, 0.4) is 0 Å². The molecule has 0 aliphatic rings. The fourth-order valence-electron chi connectivity index (χ4n) is 3.60. The van der Waals surface area contributed by atoms with Gasteiger partial charge < -0.3 is 11.5 Å². The number of nitrogens with two attached hydrogens (primary N) is 2. The Hall–Kier alpha value is -4.90. The molecule has 8 nitrogen and oxygen atoms in total. The maximum atomic E-state index is 11.5. The zero-order valence-electron chi connectivity index (χ0n) is 20.3. The molecule has 2 amide bonds. The lowest BCUT2D eigenvalue weighted by molar-refractivity contribution is -0.106. The summed E-state index contributed by atoms with van der Waals surface area (Å²) in [5, 5.41) is 9.47. The summed E-state index contributed by atoms with van der Waals surface area (Å²) >= 11 is 0. The Bertz CT molecular complexity index is 1460. The number of amides is 2. The molecule has 0 saturated carbocycles. The summed E-state index contributed by atoms with van der Waals surface area (Å²) in [6.45, 7) is 5.68. The van der Waals surface area contributed by atoms with Gasteiger partial charge in [-0.3, -0.25) is 24.5 Å². The number of nitriles is 1. The van der Waals surface area contributed by atoms with Crippen LogP contribution in [0.1, 0.15) is 35.7 Å². The third-order valence-corrected chi connectivity index (χ3v) is 5.62. The van der Waals surface area contributed by atoms with Gasteiger partial charge in [0.15, 0.2) is 0 Å². The second-order valence-electron chi connectivity index (χ2n) is 8.53. The van der Waals surface area contributed by atoms with Gasteiger partial charge >= 0.3 is 0 Å². The van der Waals surface area contributed by atoms with Crippen LogP contribution in [0.4, 0.5) is 0 Å². The highest BCUT2D eigenvalue weighted by Crippen LogP contribution is 2.32. The van der Waals surface area contributed by atoms with Crippen molar-refractivity contribution in [3.63, 3.8) is 0 Å². The molecule has 0 bridgehead atoms. The van der Waals surface area contributed by atoms with Crippen LogP contribution >= 0.6 is 0 Å². The standard InChI is InChI=1S/C27H23N5O.CH3NO/c1-17-23(12-22(15-32-17)20-8-10-31-25(14-20)27(2,3)16-28)21-6-4-5-18(11-21)19-7-9-30-24(13-19)26(29)33;2-1-3/h4-15H,1-3H3,(H2,29,33);1H,(H2,2,3). The van der Waals surface area contributed by atoms with Gasteiger partial charge in [0, 0.05) is 35.4 Å². The number of carbonyl (C=O) groups is 2. The van der Waals surface area contributed by atoms with E-state index in [4.69, 9.17) is 10.5 Å². The minimum Gasteiger partial charge on any atom is -0.372 e. The molecule has 3 aromatic heterocycles. The van der Waals surface area contributed by atoms with Gasteiger partial charge in [-0.1, -0.05) is 18.2 Å². The van der Waals surface area contributed by atoms with Crippen molar-refractivity contribution in [2.45, 2.75) is 26.2 Å². The van der Waals surface area contributed by atoms with Crippen LogP contribution in [0.2, 0.25) is 0 Å². The van der Waals surface area contributed by atoms with Gasteiger partial charge in [0.1, 0.15) is 5.69 Å². The van der Waals surface area contributed by atoms with E-state index in [9.17, 15) is 10.1 Å². The van der Waals surface area contributed by atoms with Crippen LogP contribution in [0.5, 0.6) is 0 Å². The van der Waals surface area contributed by atoms with Crippen molar-refractivity contribution in [2.75, 3.05) is 0 Å². The lowest BCUT2D eigenvalue weighted by Gasteiger charge is -2.16. The van der Waals surface area contributed by atoms with E-state index in [1.165, 1.54) is 0 Å². The van der Waals surface area contributed by atoms with Gasteiger partial charge in [-0.2, -0.15) is 5.26 Å². The first-order valence-corrected chi connectivity index (χ1v) is 11.1. The van der Waals surface area contributed by atoms with Gasteiger partial charge in [-0.25, -0.2) is 0 Å². The first kappa shape index (κ1) is 25.7. The summed E-state index contributed by atoms with van der Waals surface area (Å²) in [7, 11) is 0. The number of carbonyl (C=O) groups excluding carboxylic acids is 2. The highest BCUT2D eigenvalue weighted by atomic mass is 16.1. The molecular formula is C28H26N6O2. The minimum atomic E-state index is -0.681. The molecule has 0 atom stereocenters. The van der Waals surface area contributed by atoms with Gasteiger partial charge in [0.2, 0.25) is 6.41 Å². The third kappa shape index (κ3) is 5.77. The Morgan fingerprint density at radius 2 is 1.53 bits per heavy atom. The van der Waals surface area contributed by atoms with Gasteiger partial charge in [-0.05, 0) is 79.4 Å². The van der Waals surface area contributed by atoms with E-state index < -0.39 is 11.3 Å². The van der Waals surface area contributed by atoms with Crippen LogP contribution in [-0.2, 0) is 10.2 Å². The fourth-order valence-corrected chi connectivity index (χ4v) is 3.60. The van der Waals surface area contributed by atoms with Crippen molar-refractivity contribution in [1.82, 2.24) is 15.0 Å². The van der Waals surface area contributed by atoms with Crippen LogP contribution < -0.4 is 11.5 Å². The molecule has 0 saturated heterocycles. The molecule has 0 radical (unpaired) electrons. The lowest BCUT2D eigenvalue weighted by atomic mass is 9.89. The number of benzene rings is 1. The van der Waals surface area contributed by atoms with E-state index in [0.717, 1.165) is 44.8 Å². The van der Waals surface area contributed by atoms with E-state index in [-0.39, 0.29) is 12.1 Å². The second-order valence-corrected chi connectivity index (χ2v) is 8.53. The minimum absolute atomic E-state index is 0.228. The average molecular weight is 479 g/mol. The number of hydrogen-bond acceptors (Lipinski definition) is 6. The molecule has 0 fully saturated rings. The predicted octanol–water partition coefficient (Wildman–Crippen LogP) is 4.18. The number of nitrogens with zero attached hydrogens (tertiary/aromatic N) is 4. The number of hydrogen-bond donors (Lipinski definition) is 2. The normalized spacial score (nSPS) is 10.5. The first-order valence-electron chi connectivity index (χ1n) is 11.1. The van der Waals surface area contributed by atoms with Crippen LogP contribution in [0.25, 0.3) is 33.4 Å².